The van der Waals surface area contributed by atoms with Gasteiger partial charge in [0, 0.05) is 47.4 Å². The highest BCUT2D eigenvalue weighted by Crippen LogP contribution is 2.41. The third-order valence-corrected chi connectivity index (χ3v) is 6.61. The first kappa shape index (κ1) is 22.8. The lowest BCUT2D eigenvalue weighted by Gasteiger charge is -2.19. The molecule has 2 aromatic carbocycles. The van der Waals surface area contributed by atoms with Crippen LogP contribution >= 0.6 is 11.6 Å². The molecule has 1 aliphatic heterocycles. The largest absolute Gasteiger partial charge is 0.325 e. The van der Waals surface area contributed by atoms with E-state index in [1.54, 1.807) is 26.2 Å². The number of aliphatic imine (C=N–C) groups is 1. The predicted octanol–water partition coefficient (Wildman–Crippen LogP) is 4.53. The Balaban J connectivity index is 1.84. The first-order valence-electron chi connectivity index (χ1n) is 10.9. The van der Waals surface area contributed by atoms with Crippen molar-refractivity contribution in [3.8, 4) is 28.5 Å². The van der Waals surface area contributed by atoms with Crippen LogP contribution in [0.2, 0.25) is 5.02 Å². The van der Waals surface area contributed by atoms with Crippen LogP contribution < -0.4 is 5.73 Å². The van der Waals surface area contributed by atoms with E-state index < -0.39 is 5.82 Å². The van der Waals surface area contributed by atoms with Crippen molar-refractivity contribution < 1.29 is 9.18 Å². The Labute approximate surface area is 205 Å². The summed E-state index contributed by atoms with van der Waals surface area (Å²) in [5, 5.41) is 15.3. The van der Waals surface area contributed by atoms with E-state index in [9.17, 15) is 10.1 Å². The zero-order valence-corrected chi connectivity index (χ0v) is 20.0. The Hall–Kier alpha value is -3.93. The van der Waals surface area contributed by atoms with Gasteiger partial charge in [-0.05, 0) is 37.1 Å². The molecule has 174 valence electrons. The molecular formula is C26H20ClFN6O. The summed E-state index contributed by atoms with van der Waals surface area (Å²) in [6.07, 6.45) is 3.05. The van der Waals surface area contributed by atoms with E-state index in [-0.39, 0.29) is 30.0 Å². The minimum Gasteiger partial charge on any atom is -0.325 e. The van der Waals surface area contributed by atoms with E-state index in [0.29, 0.717) is 55.1 Å². The van der Waals surface area contributed by atoms with Crippen LogP contribution in [0.5, 0.6) is 0 Å². The van der Waals surface area contributed by atoms with Crippen LogP contribution in [-0.2, 0) is 7.05 Å². The number of benzene rings is 2. The fraction of sp³-hybridized carbons (Fsp3) is 0.192. The van der Waals surface area contributed by atoms with Gasteiger partial charge in [-0.1, -0.05) is 17.7 Å². The molecule has 0 atom stereocenters. The zero-order valence-electron chi connectivity index (χ0n) is 19.3. The van der Waals surface area contributed by atoms with E-state index in [1.165, 1.54) is 10.9 Å². The first-order valence-corrected chi connectivity index (χ1v) is 11.3. The van der Waals surface area contributed by atoms with Gasteiger partial charge in [-0.2, -0.15) is 10.4 Å². The molecule has 7 nitrogen and oxygen atoms in total. The molecule has 0 radical (unpaired) electrons. The van der Waals surface area contributed by atoms with Crippen LogP contribution in [0, 0.1) is 31.0 Å². The Kier molecular flexibility index (Phi) is 5.47. The van der Waals surface area contributed by atoms with Gasteiger partial charge in [0.25, 0.3) is 0 Å². The van der Waals surface area contributed by atoms with Gasteiger partial charge in [-0.3, -0.25) is 19.5 Å². The van der Waals surface area contributed by atoms with Gasteiger partial charge in [-0.15, -0.1) is 0 Å². The van der Waals surface area contributed by atoms with Crippen molar-refractivity contribution in [2.75, 3.05) is 13.1 Å². The monoisotopic (exact) mass is 486 g/mol. The molecule has 0 bridgehead atoms. The van der Waals surface area contributed by atoms with Gasteiger partial charge in [0.1, 0.15) is 18.4 Å². The fourth-order valence-corrected chi connectivity index (χ4v) is 4.95. The van der Waals surface area contributed by atoms with E-state index >= 15 is 4.39 Å². The van der Waals surface area contributed by atoms with Gasteiger partial charge in [0.2, 0.25) is 0 Å². The molecule has 0 saturated heterocycles. The normalized spacial score (nSPS) is 13.1. The Morgan fingerprint density at radius 3 is 2.69 bits per heavy atom. The molecule has 0 unspecified atom stereocenters. The SMILES string of the molecule is Cc1cc(-c2cnn(C)c2-c2c(F)c(C)c3ncc(Cl)cc3c2C#N)cc2c1C(=O)CN=C2CN. The summed E-state index contributed by atoms with van der Waals surface area (Å²) in [5.74, 6) is -0.622. The molecule has 9 heteroatoms. The highest BCUT2D eigenvalue weighted by Gasteiger charge is 2.27. The second-order valence-electron chi connectivity index (χ2n) is 8.49. The number of fused-ring (bicyclic) bond motifs is 2. The average molecular weight is 487 g/mol. The topological polar surface area (TPSA) is 110 Å². The van der Waals surface area contributed by atoms with Crippen LogP contribution in [0.3, 0.4) is 0 Å². The third-order valence-electron chi connectivity index (χ3n) is 6.41. The average Bonchev–Trinajstić information content (AvgIpc) is 3.21. The number of carbonyl (C=O) groups is 1. The van der Waals surface area contributed by atoms with E-state index in [4.69, 9.17) is 17.3 Å². The number of nitrogens with zero attached hydrogens (tertiary/aromatic N) is 5. The molecule has 4 aromatic rings. The zero-order chi connectivity index (χ0) is 25.0. The number of aromatic nitrogens is 3. The summed E-state index contributed by atoms with van der Waals surface area (Å²) in [6.45, 7) is 3.73. The summed E-state index contributed by atoms with van der Waals surface area (Å²) in [6, 6.07) is 7.47. The predicted molar refractivity (Wildman–Crippen MR) is 133 cm³/mol. The van der Waals surface area contributed by atoms with Crippen LogP contribution in [0.1, 0.15) is 32.6 Å². The maximum Gasteiger partial charge on any atom is 0.185 e. The fourth-order valence-electron chi connectivity index (χ4n) is 4.79. The number of rotatable bonds is 3. The molecule has 1 aliphatic rings. The number of nitriles is 1. The molecule has 5 rings (SSSR count). The summed E-state index contributed by atoms with van der Waals surface area (Å²) in [4.78, 5) is 21.1. The number of pyridine rings is 1. The molecule has 3 heterocycles. The number of halogens is 2. The van der Waals surface area contributed by atoms with Gasteiger partial charge < -0.3 is 5.73 Å². The second-order valence-corrected chi connectivity index (χ2v) is 8.92. The third kappa shape index (κ3) is 3.43. The van der Waals surface area contributed by atoms with Crippen molar-refractivity contribution in [2.45, 2.75) is 13.8 Å². The summed E-state index contributed by atoms with van der Waals surface area (Å²) in [5.41, 5.74) is 11.3. The highest BCUT2D eigenvalue weighted by atomic mass is 35.5. The Bertz CT molecular complexity index is 1650. The van der Waals surface area contributed by atoms with Crippen molar-refractivity contribution in [1.29, 1.82) is 5.26 Å². The summed E-state index contributed by atoms with van der Waals surface area (Å²) in [7, 11) is 1.69. The van der Waals surface area contributed by atoms with E-state index in [1.807, 2.05) is 19.1 Å². The number of ketones is 1. The van der Waals surface area contributed by atoms with Crippen LogP contribution in [-0.4, -0.2) is 39.3 Å². The minimum atomic E-state index is -0.553. The van der Waals surface area contributed by atoms with E-state index in [0.717, 1.165) is 5.56 Å². The smallest absolute Gasteiger partial charge is 0.185 e. The Morgan fingerprint density at radius 1 is 1.20 bits per heavy atom. The number of hydrogen-bond donors (Lipinski definition) is 1. The van der Waals surface area contributed by atoms with Crippen molar-refractivity contribution >= 4 is 34.0 Å². The molecular weight excluding hydrogens is 467 g/mol. The first-order chi connectivity index (χ1) is 16.8. The van der Waals surface area contributed by atoms with Crippen LogP contribution in [0.15, 0.2) is 35.6 Å². The van der Waals surface area contributed by atoms with Gasteiger partial charge in [0.05, 0.1) is 39.3 Å². The molecule has 2 aromatic heterocycles. The van der Waals surface area contributed by atoms with Gasteiger partial charge in [-0.25, -0.2) is 4.39 Å². The number of hydrogen-bond acceptors (Lipinski definition) is 6. The lowest BCUT2D eigenvalue weighted by Crippen LogP contribution is -2.25. The molecule has 0 amide bonds. The van der Waals surface area contributed by atoms with Gasteiger partial charge >= 0.3 is 0 Å². The summed E-state index contributed by atoms with van der Waals surface area (Å²) < 4.78 is 17.4. The Morgan fingerprint density at radius 2 is 1.97 bits per heavy atom. The number of nitrogens with two attached hydrogens (primary N) is 1. The molecule has 0 fully saturated rings. The van der Waals surface area contributed by atoms with Crippen molar-refractivity contribution in [3.05, 3.63) is 69.2 Å². The maximum atomic E-state index is 15.9. The van der Waals surface area contributed by atoms with E-state index in [2.05, 4.69) is 21.1 Å². The minimum absolute atomic E-state index is 0.0694. The number of carbonyl (C=O) groups excluding carboxylic acids is 1. The van der Waals surface area contributed by atoms with Gasteiger partial charge in [0.15, 0.2) is 5.78 Å². The standard InChI is InChI=1S/C26H20ClFN6O/c1-12-4-14(5-17-20(8-30)31-11-21(35)22(12)17)19-10-33-34(3)26(19)23-18(7-29)16-6-15(27)9-32-25(16)13(2)24(23)28/h4-6,9-10H,8,11,30H2,1-3H3. The van der Waals surface area contributed by atoms with Crippen LogP contribution in [0.25, 0.3) is 33.3 Å². The number of Topliss-reactive ketones (excluding diaryl/α,β-unsaturated/α-hetero) is 1. The molecule has 2 N–H and O–H groups in total. The molecule has 0 aliphatic carbocycles. The summed E-state index contributed by atoms with van der Waals surface area (Å²) >= 11 is 6.17. The second kappa shape index (κ2) is 8.38. The molecule has 0 spiro atoms. The molecule has 35 heavy (non-hydrogen) atoms. The quantitative estimate of drug-likeness (QED) is 0.457. The molecule has 0 saturated carbocycles. The number of aryl methyl sites for hydroxylation is 3. The lowest BCUT2D eigenvalue weighted by molar-refractivity contribution is 0.0999. The van der Waals surface area contributed by atoms with Crippen molar-refractivity contribution in [2.24, 2.45) is 17.8 Å². The lowest BCUT2D eigenvalue weighted by atomic mass is 9.87. The van der Waals surface area contributed by atoms with Crippen LogP contribution in [0.4, 0.5) is 4.39 Å². The maximum absolute atomic E-state index is 15.9. The highest BCUT2D eigenvalue weighted by molar-refractivity contribution is 6.31. The van der Waals surface area contributed by atoms with Crippen molar-refractivity contribution in [3.63, 3.8) is 0 Å². The van der Waals surface area contributed by atoms with Crippen molar-refractivity contribution in [1.82, 2.24) is 14.8 Å².